The molecule has 3 nitrogen and oxygen atoms in total. The summed E-state index contributed by atoms with van der Waals surface area (Å²) < 4.78 is 1.79. The van der Waals surface area contributed by atoms with Crippen molar-refractivity contribution in [2.24, 2.45) is 0 Å². The van der Waals surface area contributed by atoms with E-state index in [1.807, 2.05) is 6.92 Å². The second-order valence-electron chi connectivity index (χ2n) is 2.37. The van der Waals surface area contributed by atoms with Crippen LogP contribution in [0.15, 0.2) is 24.8 Å². The lowest BCUT2D eigenvalue weighted by molar-refractivity contribution is -0.112. The van der Waals surface area contributed by atoms with Crippen LogP contribution in [0, 0.1) is 0 Å². The van der Waals surface area contributed by atoms with Crippen LogP contribution in [-0.2, 0) is 4.79 Å². The molecule has 58 valence electrons. The highest BCUT2D eigenvalue weighted by atomic mass is 16.1. The molecule has 1 heterocycles. The van der Waals surface area contributed by atoms with Crippen LogP contribution in [0.3, 0.4) is 0 Å². The van der Waals surface area contributed by atoms with Crippen LogP contribution in [-0.4, -0.2) is 15.3 Å². The third-order valence-corrected chi connectivity index (χ3v) is 1.32. The molecule has 0 radical (unpaired) electrons. The van der Waals surface area contributed by atoms with Crippen molar-refractivity contribution in [3.63, 3.8) is 0 Å². The van der Waals surface area contributed by atoms with Crippen LogP contribution >= 0.6 is 0 Å². The first-order valence-corrected chi connectivity index (χ1v) is 3.37. The molecule has 0 spiro atoms. The van der Waals surface area contributed by atoms with Crippen molar-refractivity contribution in [1.82, 2.24) is 9.55 Å². The van der Waals surface area contributed by atoms with Gasteiger partial charge in [0.15, 0.2) is 5.78 Å². The molecule has 0 fully saturated rings. The van der Waals surface area contributed by atoms with Crippen molar-refractivity contribution in [2.45, 2.75) is 13.8 Å². The molecule has 3 heteroatoms. The van der Waals surface area contributed by atoms with Gasteiger partial charge in [-0.15, -0.1) is 0 Å². The van der Waals surface area contributed by atoms with Crippen LogP contribution in [0.4, 0.5) is 0 Å². The number of carbonyl (C=O) groups is 1. The van der Waals surface area contributed by atoms with Gasteiger partial charge < -0.3 is 4.57 Å². The average Bonchev–Trinajstić information content (AvgIpc) is 2.35. The molecule has 0 atom stereocenters. The average molecular weight is 150 g/mol. The van der Waals surface area contributed by atoms with Crippen molar-refractivity contribution in [3.8, 4) is 0 Å². The lowest BCUT2D eigenvalue weighted by atomic mass is 10.3. The summed E-state index contributed by atoms with van der Waals surface area (Å²) in [5, 5.41) is 0. The maximum Gasteiger partial charge on any atom is 0.154 e. The zero-order valence-corrected chi connectivity index (χ0v) is 6.61. The fraction of sp³-hybridized carbons (Fsp3) is 0.250. The number of nitrogens with zero attached hydrogens (tertiary/aromatic N) is 2. The molecular formula is C8H10N2O. The maximum atomic E-state index is 10.6. The monoisotopic (exact) mass is 150 g/mol. The number of allylic oxidation sites excluding steroid dienone is 2. The van der Waals surface area contributed by atoms with E-state index in [2.05, 4.69) is 4.98 Å². The van der Waals surface area contributed by atoms with E-state index in [9.17, 15) is 4.79 Å². The van der Waals surface area contributed by atoms with Crippen molar-refractivity contribution in [2.75, 3.05) is 0 Å². The van der Waals surface area contributed by atoms with Gasteiger partial charge in [-0.3, -0.25) is 4.79 Å². The first-order chi connectivity index (χ1) is 5.20. The molecular weight excluding hydrogens is 140 g/mol. The highest BCUT2D eigenvalue weighted by molar-refractivity contribution is 5.91. The van der Waals surface area contributed by atoms with Gasteiger partial charge >= 0.3 is 0 Å². The number of aromatic nitrogens is 2. The summed E-state index contributed by atoms with van der Waals surface area (Å²) in [5.74, 6) is 0.0520. The smallest absolute Gasteiger partial charge is 0.154 e. The van der Waals surface area contributed by atoms with Gasteiger partial charge in [0.2, 0.25) is 0 Å². The predicted molar refractivity (Wildman–Crippen MR) is 42.9 cm³/mol. The molecule has 0 aliphatic heterocycles. The second kappa shape index (κ2) is 3.14. The van der Waals surface area contributed by atoms with Crippen molar-refractivity contribution < 1.29 is 4.79 Å². The first kappa shape index (κ1) is 7.72. The van der Waals surface area contributed by atoms with Gasteiger partial charge in [0.25, 0.3) is 0 Å². The minimum absolute atomic E-state index is 0.0520. The van der Waals surface area contributed by atoms with Gasteiger partial charge in [-0.1, -0.05) is 0 Å². The Morgan fingerprint density at radius 1 is 1.55 bits per heavy atom. The number of imidazole rings is 1. The normalized spacial score (nSPS) is 11.6. The Hall–Kier alpha value is -1.38. The first-order valence-electron chi connectivity index (χ1n) is 3.37. The minimum Gasteiger partial charge on any atom is -0.310 e. The third kappa shape index (κ3) is 2.04. The number of ketones is 1. The van der Waals surface area contributed by atoms with Crippen LogP contribution in [0.5, 0.6) is 0 Å². The van der Waals surface area contributed by atoms with E-state index < -0.39 is 0 Å². The molecule has 1 aromatic heterocycles. The zero-order valence-electron chi connectivity index (χ0n) is 6.61. The lowest BCUT2D eigenvalue weighted by Crippen LogP contribution is -1.92. The van der Waals surface area contributed by atoms with Crippen molar-refractivity contribution >= 4 is 11.5 Å². The molecule has 0 saturated heterocycles. The minimum atomic E-state index is 0.0520. The quantitative estimate of drug-likeness (QED) is 0.596. The molecule has 0 amide bonds. The summed E-state index contributed by atoms with van der Waals surface area (Å²) >= 11 is 0. The molecule has 0 saturated carbocycles. The van der Waals surface area contributed by atoms with Gasteiger partial charge in [-0.25, -0.2) is 4.98 Å². The van der Waals surface area contributed by atoms with Crippen LogP contribution in [0.25, 0.3) is 5.70 Å². The van der Waals surface area contributed by atoms with E-state index in [0.29, 0.717) is 0 Å². The molecule has 0 N–H and O–H groups in total. The van der Waals surface area contributed by atoms with Gasteiger partial charge in [0.05, 0.1) is 6.33 Å². The summed E-state index contributed by atoms with van der Waals surface area (Å²) in [7, 11) is 0. The van der Waals surface area contributed by atoms with E-state index in [4.69, 9.17) is 0 Å². The zero-order chi connectivity index (χ0) is 8.27. The Balaban J connectivity index is 2.86. The van der Waals surface area contributed by atoms with E-state index >= 15 is 0 Å². The van der Waals surface area contributed by atoms with Gasteiger partial charge in [0, 0.05) is 24.2 Å². The van der Waals surface area contributed by atoms with E-state index in [1.165, 1.54) is 6.92 Å². The third-order valence-electron chi connectivity index (χ3n) is 1.32. The number of carbonyl (C=O) groups excluding carboxylic acids is 1. The van der Waals surface area contributed by atoms with E-state index in [1.54, 1.807) is 29.4 Å². The molecule has 0 aliphatic rings. The fourth-order valence-corrected chi connectivity index (χ4v) is 0.836. The second-order valence-corrected chi connectivity index (χ2v) is 2.37. The summed E-state index contributed by atoms with van der Waals surface area (Å²) in [4.78, 5) is 14.5. The molecule has 0 unspecified atom stereocenters. The Morgan fingerprint density at radius 3 is 2.73 bits per heavy atom. The topological polar surface area (TPSA) is 34.9 Å². The Bertz CT molecular complexity index is 272. The highest BCUT2D eigenvalue weighted by Crippen LogP contribution is 2.00. The van der Waals surface area contributed by atoms with Crippen molar-refractivity contribution in [1.29, 1.82) is 0 Å². The Kier molecular flexibility index (Phi) is 2.21. The SMILES string of the molecule is CC(=O)C=C(C)n1ccnc1. The van der Waals surface area contributed by atoms with Gasteiger partial charge in [-0.05, 0) is 13.8 Å². The molecule has 0 aromatic carbocycles. The molecule has 1 rings (SSSR count). The fourth-order valence-electron chi connectivity index (χ4n) is 0.836. The lowest BCUT2D eigenvalue weighted by Gasteiger charge is -1.98. The molecule has 11 heavy (non-hydrogen) atoms. The van der Waals surface area contributed by atoms with E-state index in [0.717, 1.165) is 5.70 Å². The molecule has 0 bridgehead atoms. The Labute approximate surface area is 65.4 Å². The van der Waals surface area contributed by atoms with Gasteiger partial charge in [-0.2, -0.15) is 0 Å². The predicted octanol–water partition coefficient (Wildman–Crippen LogP) is 1.33. The molecule has 1 aromatic rings. The number of hydrogen-bond acceptors (Lipinski definition) is 2. The number of rotatable bonds is 2. The number of hydrogen-bond donors (Lipinski definition) is 0. The van der Waals surface area contributed by atoms with Crippen molar-refractivity contribution in [3.05, 3.63) is 24.8 Å². The largest absolute Gasteiger partial charge is 0.310 e. The molecule has 0 aliphatic carbocycles. The van der Waals surface area contributed by atoms with Crippen LogP contribution in [0.2, 0.25) is 0 Å². The summed E-state index contributed by atoms with van der Waals surface area (Å²) in [6.07, 6.45) is 6.71. The summed E-state index contributed by atoms with van der Waals surface area (Å²) in [6.45, 7) is 3.39. The summed E-state index contributed by atoms with van der Waals surface area (Å²) in [6, 6.07) is 0. The van der Waals surface area contributed by atoms with Crippen LogP contribution < -0.4 is 0 Å². The van der Waals surface area contributed by atoms with Crippen LogP contribution in [0.1, 0.15) is 13.8 Å². The highest BCUT2D eigenvalue weighted by Gasteiger charge is 1.92. The summed E-state index contributed by atoms with van der Waals surface area (Å²) in [5.41, 5.74) is 0.884. The standard InChI is InChI=1S/C8H10N2O/c1-7(5-8(2)11)10-4-3-9-6-10/h3-6H,1-2H3. The maximum absolute atomic E-state index is 10.6. The van der Waals surface area contributed by atoms with Gasteiger partial charge in [0.1, 0.15) is 0 Å². The Morgan fingerprint density at radius 2 is 2.27 bits per heavy atom. The van der Waals surface area contributed by atoms with E-state index in [-0.39, 0.29) is 5.78 Å².